The predicted octanol–water partition coefficient (Wildman–Crippen LogP) is 4.64. The summed E-state index contributed by atoms with van der Waals surface area (Å²) in [7, 11) is 1.67. The van der Waals surface area contributed by atoms with Crippen molar-refractivity contribution in [3.63, 3.8) is 0 Å². The smallest absolute Gasteiger partial charge is 0.130 e. The van der Waals surface area contributed by atoms with Gasteiger partial charge in [0.1, 0.15) is 18.1 Å². The molecule has 0 atom stereocenters. The molecule has 1 aromatic heterocycles. The summed E-state index contributed by atoms with van der Waals surface area (Å²) >= 11 is 0. The number of methoxy groups -OCH3 is 1. The van der Waals surface area contributed by atoms with E-state index in [9.17, 15) is 0 Å². The molecular weight excluding hydrogens is 286 g/mol. The van der Waals surface area contributed by atoms with Crippen molar-refractivity contribution >= 4 is 0 Å². The zero-order valence-corrected chi connectivity index (χ0v) is 13.3. The molecule has 0 aliphatic heterocycles. The summed E-state index contributed by atoms with van der Waals surface area (Å²) in [4.78, 5) is 4.29. The van der Waals surface area contributed by atoms with Gasteiger partial charge in [0, 0.05) is 11.8 Å². The summed E-state index contributed by atoms with van der Waals surface area (Å²) in [6, 6.07) is 20.0. The first kappa shape index (κ1) is 15.1. The summed E-state index contributed by atoms with van der Waals surface area (Å²) in [5.74, 6) is 1.70. The molecule has 0 bridgehead atoms. The van der Waals surface area contributed by atoms with Gasteiger partial charge in [-0.1, -0.05) is 29.8 Å². The molecule has 0 unspecified atom stereocenters. The fourth-order valence-corrected chi connectivity index (χ4v) is 2.40. The molecule has 116 valence electrons. The fraction of sp³-hybridized carbons (Fsp3) is 0.150. The Kier molecular flexibility index (Phi) is 4.57. The average Bonchev–Trinajstić information content (AvgIpc) is 2.61. The highest BCUT2D eigenvalue weighted by molar-refractivity contribution is 5.71. The summed E-state index contributed by atoms with van der Waals surface area (Å²) in [5, 5.41) is 0. The van der Waals surface area contributed by atoms with E-state index in [1.165, 1.54) is 5.56 Å². The van der Waals surface area contributed by atoms with E-state index in [4.69, 9.17) is 9.47 Å². The molecule has 2 aromatic carbocycles. The van der Waals surface area contributed by atoms with Crippen molar-refractivity contribution in [1.82, 2.24) is 4.98 Å². The molecule has 23 heavy (non-hydrogen) atoms. The molecule has 3 aromatic rings. The van der Waals surface area contributed by atoms with E-state index in [0.717, 1.165) is 28.3 Å². The first-order valence-electron chi connectivity index (χ1n) is 7.54. The van der Waals surface area contributed by atoms with Crippen LogP contribution in [0.15, 0.2) is 66.9 Å². The second kappa shape index (κ2) is 6.97. The zero-order chi connectivity index (χ0) is 16.1. The van der Waals surface area contributed by atoms with Crippen molar-refractivity contribution in [2.24, 2.45) is 0 Å². The fourth-order valence-electron chi connectivity index (χ4n) is 2.40. The molecule has 0 N–H and O–H groups in total. The van der Waals surface area contributed by atoms with E-state index >= 15 is 0 Å². The Morgan fingerprint density at radius 3 is 2.48 bits per heavy atom. The molecule has 0 aliphatic carbocycles. The standard InChI is InChI=1S/C20H19NO2/c1-15-6-11-20(23-14-17-5-3-4-12-21-17)19(13-15)16-7-9-18(22-2)10-8-16/h3-13H,14H2,1-2H3. The van der Waals surface area contributed by atoms with Crippen LogP contribution in [0.5, 0.6) is 11.5 Å². The number of hydrogen-bond acceptors (Lipinski definition) is 3. The molecule has 0 amide bonds. The van der Waals surface area contributed by atoms with Crippen molar-refractivity contribution < 1.29 is 9.47 Å². The molecule has 3 rings (SSSR count). The highest BCUT2D eigenvalue weighted by Gasteiger charge is 2.08. The van der Waals surface area contributed by atoms with Gasteiger partial charge >= 0.3 is 0 Å². The molecular formula is C20H19NO2. The quantitative estimate of drug-likeness (QED) is 0.688. The lowest BCUT2D eigenvalue weighted by Crippen LogP contribution is -1.99. The largest absolute Gasteiger partial charge is 0.497 e. The Hall–Kier alpha value is -2.81. The van der Waals surface area contributed by atoms with Crippen molar-refractivity contribution in [2.75, 3.05) is 7.11 Å². The second-order valence-electron chi connectivity index (χ2n) is 5.34. The lowest BCUT2D eigenvalue weighted by molar-refractivity contribution is 0.302. The number of rotatable bonds is 5. The topological polar surface area (TPSA) is 31.4 Å². The van der Waals surface area contributed by atoms with Gasteiger partial charge in [-0.15, -0.1) is 0 Å². The van der Waals surface area contributed by atoms with Crippen LogP contribution >= 0.6 is 0 Å². The van der Waals surface area contributed by atoms with Crippen molar-refractivity contribution in [1.29, 1.82) is 0 Å². The molecule has 0 fully saturated rings. The van der Waals surface area contributed by atoms with Gasteiger partial charge in [-0.25, -0.2) is 0 Å². The van der Waals surface area contributed by atoms with E-state index in [-0.39, 0.29) is 0 Å². The number of hydrogen-bond donors (Lipinski definition) is 0. The molecule has 0 radical (unpaired) electrons. The van der Waals surface area contributed by atoms with E-state index in [1.54, 1.807) is 13.3 Å². The Morgan fingerprint density at radius 1 is 0.957 bits per heavy atom. The molecule has 3 heteroatoms. The Balaban J connectivity index is 1.88. The van der Waals surface area contributed by atoms with Crippen LogP contribution in [-0.2, 0) is 6.61 Å². The summed E-state index contributed by atoms with van der Waals surface area (Å²) < 4.78 is 11.2. The summed E-state index contributed by atoms with van der Waals surface area (Å²) in [5.41, 5.74) is 4.28. The minimum Gasteiger partial charge on any atom is -0.497 e. The minimum atomic E-state index is 0.451. The van der Waals surface area contributed by atoms with Crippen LogP contribution in [0.1, 0.15) is 11.3 Å². The van der Waals surface area contributed by atoms with Gasteiger partial charge in [-0.3, -0.25) is 4.98 Å². The van der Waals surface area contributed by atoms with Crippen LogP contribution < -0.4 is 9.47 Å². The lowest BCUT2D eigenvalue weighted by Gasteiger charge is -2.13. The first-order chi connectivity index (χ1) is 11.3. The molecule has 3 nitrogen and oxygen atoms in total. The van der Waals surface area contributed by atoms with E-state index < -0.39 is 0 Å². The predicted molar refractivity (Wildman–Crippen MR) is 91.7 cm³/mol. The number of ether oxygens (including phenoxy) is 2. The van der Waals surface area contributed by atoms with Crippen molar-refractivity contribution in [3.05, 3.63) is 78.1 Å². The van der Waals surface area contributed by atoms with Crippen LogP contribution in [0.3, 0.4) is 0 Å². The van der Waals surface area contributed by atoms with Crippen LogP contribution in [0.4, 0.5) is 0 Å². The minimum absolute atomic E-state index is 0.451. The van der Waals surface area contributed by atoms with Crippen molar-refractivity contribution in [3.8, 4) is 22.6 Å². The number of benzene rings is 2. The number of aromatic nitrogens is 1. The molecule has 0 saturated carbocycles. The van der Waals surface area contributed by atoms with E-state index in [1.807, 2.05) is 48.5 Å². The van der Waals surface area contributed by atoms with Gasteiger partial charge in [0.15, 0.2) is 0 Å². The number of pyridine rings is 1. The lowest BCUT2D eigenvalue weighted by atomic mass is 10.0. The monoisotopic (exact) mass is 305 g/mol. The molecule has 0 aliphatic rings. The maximum absolute atomic E-state index is 6.00. The van der Waals surface area contributed by atoms with Gasteiger partial charge in [-0.2, -0.15) is 0 Å². The van der Waals surface area contributed by atoms with Crippen LogP contribution in [-0.4, -0.2) is 12.1 Å². The average molecular weight is 305 g/mol. The third-order valence-electron chi connectivity index (χ3n) is 3.64. The van der Waals surface area contributed by atoms with Crippen LogP contribution in [0.25, 0.3) is 11.1 Å². The van der Waals surface area contributed by atoms with Gasteiger partial charge in [0.25, 0.3) is 0 Å². The highest BCUT2D eigenvalue weighted by atomic mass is 16.5. The van der Waals surface area contributed by atoms with Gasteiger partial charge < -0.3 is 9.47 Å². The van der Waals surface area contributed by atoms with Crippen LogP contribution in [0.2, 0.25) is 0 Å². The molecule has 0 spiro atoms. The summed E-state index contributed by atoms with van der Waals surface area (Å²) in [6.45, 7) is 2.53. The van der Waals surface area contributed by atoms with Gasteiger partial charge in [-0.05, 0) is 48.9 Å². The first-order valence-corrected chi connectivity index (χ1v) is 7.54. The molecule has 0 saturated heterocycles. The Labute approximate surface area is 136 Å². The second-order valence-corrected chi connectivity index (χ2v) is 5.34. The van der Waals surface area contributed by atoms with Gasteiger partial charge in [0.05, 0.1) is 12.8 Å². The zero-order valence-electron chi connectivity index (χ0n) is 13.3. The van der Waals surface area contributed by atoms with E-state index in [0.29, 0.717) is 6.61 Å². The normalized spacial score (nSPS) is 10.3. The number of nitrogens with zero attached hydrogens (tertiary/aromatic N) is 1. The third-order valence-corrected chi connectivity index (χ3v) is 3.64. The van der Waals surface area contributed by atoms with Gasteiger partial charge in [0.2, 0.25) is 0 Å². The van der Waals surface area contributed by atoms with Crippen LogP contribution in [0, 0.1) is 6.92 Å². The van der Waals surface area contributed by atoms with Crippen molar-refractivity contribution in [2.45, 2.75) is 13.5 Å². The molecule has 1 heterocycles. The SMILES string of the molecule is COc1ccc(-c2cc(C)ccc2OCc2ccccn2)cc1. The van der Waals surface area contributed by atoms with E-state index in [2.05, 4.69) is 24.0 Å². The number of aryl methyl sites for hydroxylation is 1. The Bertz CT molecular complexity index is 767. The maximum Gasteiger partial charge on any atom is 0.130 e. The third kappa shape index (κ3) is 3.69. The highest BCUT2D eigenvalue weighted by Crippen LogP contribution is 2.32. The summed E-state index contributed by atoms with van der Waals surface area (Å²) in [6.07, 6.45) is 1.78. The Morgan fingerprint density at radius 2 is 1.78 bits per heavy atom. The maximum atomic E-state index is 6.00.